The molecule has 34 heteroatoms. The fraction of sp³-hybridized carbons (Fsp3) is 0.879. The van der Waals surface area contributed by atoms with Crippen molar-refractivity contribution < 1.29 is 99.8 Å². The average molecular weight is 1130 g/mol. The zero-order valence-electron chi connectivity index (χ0n) is 39.1. The summed E-state index contributed by atoms with van der Waals surface area (Å²) >= 11 is 4.51. The molecule has 4 atom stereocenters. The number of methoxy groups -OCH3 is 1. The van der Waals surface area contributed by atoms with E-state index in [0.717, 1.165) is 18.1 Å². The number of anilines is 1. The van der Waals surface area contributed by atoms with Gasteiger partial charge >= 0.3 is 44.1 Å². The van der Waals surface area contributed by atoms with Crippen LogP contribution in [-0.2, 0) is 83.2 Å². The number of rotatable bonds is 23. The van der Waals surface area contributed by atoms with Gasteiger partial charge in [-0.3, -0.25) is 18.3 Å². The van der Waals surface area contributed by atoms with Crippen LogP contribution in [-0.4, -0.2) is 151 Å². The van der Waals surface area contributed by atoms with Gasteiger partial charge in [0.1, 0.15) is 17.5 Å². The largest absolute Gasteiger partial charge is 0.522 e. The van der Waals surface area contributed by atoms with E-state index >= 15 is 0 Å². The van der Waals surface area contributed by atoms with Crippen molar-refractivity contribution in [1.82, 2.24) is 9.55 Å². The number of nitrogen functional groups attached to an aromatic ring is 1. The Balaban J connectivity index is 0.000000864. The highest BCUT2D eigenvalue weighted by Crippen LogP contribution is 2.50. The Morgan fingerprint density at radius 2 is 1.22 bits per heavy atom. The number of thioether (sulfide) groups is 3. The molecule has 3 fully saturated rings. The molecule has 4 heterocycles. The highest BCUT2D eigenvalue weighted by molar-refractivity contribution is 8.00. The van der Waals surface area contributed by atoms with Gasteiger partial charge in [0.05, 0.1) is 59.5 Å². The molecule has 3 aliphatic heterocycles. The standard InChI is InChI=1S/C12H20N3O6PS.C8H17O5PS.C5H13O4P.C4H9F3O3SSi.C4H8O2S/c1-3-20-22(17,21-4-2)8-19-12-18-7-10(23-12)15-6-5-9(13)14-11(15)16;1-3-12-14(9,13-4-2)7-11-8-10-5-6-15-8;1-3-8-10(7,5-6)9-4-2;1-12(2,3)10-11(8,9)4(5,6)7;1-5-4-6-2-3-7-4/h5-6,10,12H,3-4,7-8H2,1-2H3,(H2,13,14,16);8H,3-7H2,1-2H3;6H,3-5H2,1-2H3;1-3H3;4H,2-3H2,1H3. The van der Waals surface area contributed by atoms with Gasteiger partial charge < -0.3 is 70.3 Å². The van der Waals surface area contributed by atoms with E-state index in [1.165, 1.54) is 42.0 Å². The van der Waals surface area contributed by atoms with Gasteiger partial charge in [0.2, 0.25) is 25.2 Å². The number of nitrogens with zero attached hydrogens (tertiary/aromatic N) is 2. The minimum Gasteiger partial charge on any atom is -0.384 e. The first kappa shape index (κ1) is 66.8. The molecule has 3 N–H and O–H groups in total. The predicted octanol–water partition coefficient (Wildman–Crippen LogP) is 7.45. The molecule has 1 aromatic rings. The van der Waals surface area contributed by atoms with E-state index in [0.29, 0.717) is 19.8 Å². The Labute approximate surface area is 404 Å². The van der Waals surface area contributed by atoms with Crippen molar-refractivity contribution in [2.24, 2.45) is 0 Å². The van der Waals surface area contributed by atoms with Gasteiger partial charge in [-0.05, 0) is 67.2 Å². The number of hydrogen-bond acceptors (Lipinski definition) is 25. The molecule has 0 amide bonds. The van der Waals surface area contributed by atoms with Crippen LogP contribution in [0.1, 0.15) is 46.9 Å². The minimum atomic E-state index is -5.39. The van der Waals surface area contributed by atoms with Gasteiger partial charge in [0.25, 0.3) is 0 Å². The summed E-state index contributed by atoms with van der Waals surface area (Å²) in [6, 6.07) is 1.54. The first-order valence-electron chi connectivity index (χ1n) is 20.4. The molecule has 67 heavy (non-hydrogen) atoms. The van der Waals surface area contributed by atoms with E-state index < -0.39 is 64.4 Å². The smallest absolute Gasteiger partial charge is 0.384 e. The molecule has 398 valence electrons. The second-order valence-electron chi connectivity index (χ2n) is 13.2. The third kappa shape index (κ3) is 29.2. The number of halogens is 3. The SMILES string of the molecule is CCOP(=O)(CO)OCC.CCOP(=O)(COC1OCC(n2ccc(N)nc2=O)S1)OCC.CCOP(=O)(COC1OCCS1)OCC.COC1OCCS1.C[Si](C)(C)OS(=O)(=O)C(F)(F)F. The van der Waals surface area contributed by atoms with Crippen molar-refractivity contribution in [2.45, 2.75) is 88.9 Å². The molecule has 3 aliphatic rings. The Bertz CT molecular complexity index is 1790. The van der Waals surface area contributed by atoms with Gasteiger partial charge in [-0.15, -0.1) is 0 Å². The summed E-state index contributed by atoms with van der Waals surface area (Å²) in [5.74, 6) is 2.13. The molecule has 4 rings (SSSR count). The second kappa shape index (κ2) is 34.3. The topological polar surface area (TPSA) is 286 Å². The van der Waals surface area contributed by atoms with Crippen molar-refractivity contribution in [2.75, 3.05) is 103 Å². The molecule has 0 aromatic carbocycles. The van der Waals surface area contributed by atoms with Crippen LogP contribution < -0.4 is 11.4 Å². The lowest BCUT2D eigenvalue weighted by molar-refractivity contribution is -0.0611. The predicted molar refractivity (Wildman–Crippen MR) is 252 cm³/mol. The summed E-state index contributed by atoms with van der Waals surface area (Å²) in [4.78, 5) is 15.5. The van der Waals surface area contributed by atoms with Crippen LogP contribution in [0.3, 0.4) is 0 Å². The first-order chi connectivity index (χ1) is 31.2. The van der Waals surface area contributed by atoms with Crippen LogP contribution in [0.4, 0.5) is 19.0 Å². The number of aliphatic hydroxyl groups is 1. The molecule has 0 radical (unpaired) electrons. The quantitative estimate of drug-likeness (QED) is 0.0611. The molecule has 0 aliphatic carbocycles. The zero-order chi connectivity index (χ0) is 51.4. The van der Waals surface area contributed by atoms with Crippen molar-refractivity contribution in [3.8, 4) is 0 Å². The molecule has 4 unspecified atom stereocenters. The average Bonchev–Trinajstić information content (AvgIpc) is 4.05. The Kier molecular flexibility index (Phi) is 34.2. The third-order valence-corrected chi connectivity index (χ3v) is 18.4. The summed E-state index contributed by atoms with van der Waals surface area (Å²) < 4.78 is 158. The lowest BCUT2D eigenvalue weighted by Gasteiger charge is -2.18. The van der Waals surface area contributed by atoms with Gasteiger partial charge in [0, 0.05) is 24.8 Å². The number of nitrogens with two attached hydrogens (primary N) is 1. The van der Waals surface area contributed by atoms with Crippen molar-refractivity contribution in [3.05, 3.63) is 22.7 Å². The maximum Gasteiger partial charge on any atom is 0.522 e. The van der Waals surface area contributed by atoms with Crippen LogP contribution in [0, 0.1) is 0 Å². The zero-order valence-corrected chi connectivity index (χ0v) is 46.1. The Morgan fingerprint density at radius 3 is 1.55 bits per heavy atom. The molecule has 0 bridgehead atoms. The van der Waals surface area contributed by atoms with Crippen molar-refractivity contribution in [3.63, 3.8) is 0 Å². The first-order valence-corrected chi connectivity index (χ1v) is 33.4. The summed E-state index contributed by atoms with van der Waals surface area (Å²) in [6.07, 6.45) is 0.744. The van der Waals surface area contributed by atoms with E-state index in [1.54, 1.807) is 78.4 Å². The second-order valence-corrected chi connectivity index (χ2v) is 28.9. The van der Waals surface area contributed by atoms with Crippen molar-refractivity contribution in [1.29, 1.82) is 0 Å². The van der Waals surface area contributed by atoms with Crippen LogP contribution in [0.5, 0.6) is 0 Å². The summed E-state index contributed by atoms with van der Waals surface area (Å²) in [7, 11) is -16.0. The number of ether oxygens (including phenoxy) is 6. The number of aromatic nitrogens is 2. The molecule has 0 saturated carbocycles. The van der Waals surface area contributed by atoms with Gasteiger partial charge in [-0.25, -0.2) is 4.79 Å². The molecule has 3 saturated heterocycles. The van der Waals surface area contributed by atoms with Crippen LogP contribution in [0.2, 0.25) is 19.6 Å². The third-order valence-electron chi connectivity index (χ3n) is 6.69. The van der Waals surface area contributed by atoms with E-state index in [1.807, 2.05) is 0 Å². The fourth-order valence-corrected chi connectivity index (χ4v) is 13.7. The molecule has 1 aromatic heterocycles. The normalized spacial score (nSPS) is 20.1. The lowest BCUT2D eigenvalue weighted by atomic mass is 10.5. The Morgan fingerprint density at radius 1 is 0.791 bits per heavy atom. The summed E-state index contributed by atoms with van der Waals surface area (Å²) in [5, 5.41) is 8.24. The van der Waals surface area contributed by atoms with Crippen LogP contribution in [0.25, 0.3) is 0 Å². The van der Waals surface area contributed by atoms with E-state index in [2.05, 4.69) is 8.86 Å². The summed E-state index contributed by atoms with van der Waals surface area (Å²) in [6.45, 7) is 18.0. The lowest BCUT2D eigenvalue weighted by Crippen LogP contribution is -2.36. The molecule has 23 nitrogen and oxygen atoms in total. The van der Waals surface area contributed by atoms with Gasteiger partial charge in [-0.1, -0.05) is 35.3 Å². The van der Waals surface area contributed by atoms with Crippen LogP contribution >= 0.6 is 58.1 Å². The van der Waals surface area contributed by atoms with E-state index in [-0.39, 0.29) is 68.2 Å². The highest BCUT2D eigenvalue weighted by Gasteiger charge is 2.49. The fourth-order valence-electron chi connectivity index (χ4n) is 4.36. The highest BCUT2D eigenvalue weighted by atomic mass is 32.2. The number of hydrogen-bond donors (Lipinski definition) is 2. The molecular weight excluding hydrogens is 1060 g/mol. The van der Waals surface area contributed by atoms with E-state index in [4.69, 9.17) is 66.4 Å². The van der Waals surface area contributed by atoms with E-state index in [9.17, 15) is 40.1 Å². The number of alkyl halides is 3. The Hall–Kier alpha value is -0.183. The number of aliphatic hydroxyl groups excluding tert-OH is 1. The monoisotopic (exact) mass is 1130 g/mol. The minimum absolute atomic E-state index is 0.0139. The maximum absolute atomic E-state index is 12.3. The summed E-state index contributed by atoms with van der Waals surface area (Å²) in [5.41, 5.74) is -1.30. The maximum atomic E-state index is 12.3. The molecule has 0 spiro atoms. The van der Waals surface area contributed by atoms with Crippen LogP contribution in [0.15, 0.2) is 17.1 Å². The van der Waals surface area contributed by atoms with Gasteiger partial charge in [0.15, 0.2) is 12.7 Å². The van der Waals surface area contributed by atoms with Gasteiger partial charge in [-0.2, -0.15) is 26.6 Å². The molecular formula is C33H67F3N3O20P3S4Si. The van der Waals surface area contributed by atoms with Crippen molar-refractivity contribution >= 4 is 82.3 Å².